The summed E-state index contributed by atoms with van der Waals surface area (Å²) in [7, 11) is 0. The van der Waals surface area contributed by atoms with Crippen LogP contribution in [-0.2, 0) is 0 Å². The van der Waals surface area contributed by atoms with Crippen LogP contribution in [0.25, 0.3) is 16.9 Å². The number of hydrogen-bond acceptors (Lipinski definition) is 4. The molecule has 2 aromatic heterocycles. The van der Waals surface area contributed by atoms with Gasteiger partial charge in [0.15, 0.2) is 23.3 Å². The van der Waals surface area contributed by atoms with Crippen LogP contribution in [0.15, 0.2) is 65.9 Å². The standard InChI is InChI=1S/C20H13F3N4O/c21-14-8-7-13(16(22)17(14)23)19-20(24)25-15-9-6-12(10-27(15)19)18(26-28)11-4-2-1-3-5-11/h1-10,28H,24H2/b26-18+. The van der Waals surface area contributed by atoms with Gasteiger partial charge in [0.05, 0.1) is 5.69 Å². The Morgan fingerprint density at radius 1 is 0.929 bits per heavy atom. The molecule has 0 fully saturated rings. The summed E-state index contributed by atoms with van der Waals surface area (Å²) in [4.78, 5) is 4.14. The first-order chi connectivity index (χ1) is 13.5. The molecular weight excluding hydrogens is 369 g/mol. The lowest BCUT2D eigenvalue weighted by Crippen LogP contribution is -2.05. The van der Waals surface area contributed by atoms with Gasteiger partial charge in [0.25, 0.3) is 0 Å². The van der Waals surface area contributed by atoms with E-state index in [2.05, 4.69) is 10.1 Å². The summed E-state index contributed by atoms with van der Waals surface area (Å²) in [5.41, 5.74) is 7.53. The lowest BCUT2D eigenvalue weighted by Gasteiger charge is -2.09. The molecule has 2 aromatic carbocycles. The first kappa shape index (κ1) is 17.6. The maximum atomic E-state index is 14.3. The highest BCUT2D eigenvalue weighted by atomic mass is 19.2. The Labute approximate surface area is 157 Å². The van der Waals surface area contributed by atoms with Crippen molar-refractivity contribution in [1.82, 2.24) is 9.38 Å². The van der Waals surface area contributed by atoms with Gasteiger partial charge in [0.1, 0.15) is 11.4 Å². The van der Waals surface area contributed by atoms with Gasteiger partial charge in [-0.2, -0.15) is 0 Å². The van der Waals surface area contributed by atoms with Gasteiger partial charge in [-0.1, -0.05) is 35.5 Å². The number of imidazole rings is 1. The molecule has 4 rings (SSSR count). The van der Waals surface area contributed by atoms with Crippen LogP contribution in [0.4, 0.5) is 19.0 Å². The Bertz CT molecular complexity index is 1220. The molecule has 0 aliphatic carbocycles. The number of nitrogens with zero attached hydrogens (tertiary/aromatic N) is 3. The van der Waals surface area contributed by atoms with Crippen molar-refractivity contribution in [2.45, 2.75) is 0 Å². The minimum atomic E-state index is -1.59. The lowest BCUT2D eigenvalue weighted by atomic mass is 10.0. The average molecular weight is 382 g/mol. The van der Waals surface area contributed by atoms with Crippen molar-refractivity contribution in [2.75, 3.05) is 5.73 Å². The summed E-state index contributed by atoms with van der Waals surface area (Å²) >= 11 is 0. The lowest BCUT2D eigenvalue weighted by molar-refractivity contribution is 0.319. The smallest absolute Gasteiger partial charge is 0.195 e. The van der Waals surface area contributed by atoms with Gasteiger partial charge in [0, 0.05) is 22.9 Å². The van der Waals surface area contributed by atoms with Crippen molar-refractivity contribution in [3.05, 3.63) is 89.4 Å². The molecule has 0 saturated carbocycles. The van der Waals surface area contributed by atoms with Gasteiger partial charge in [0.2, 0.25) is 0 Å². The van der Waals surface area contributed by atoms with Crippen LogP contribution in [0.5, 0.6) is 0 Å². The van der Waals surface area contributed by atoms with Crippen molar-refractivity contribution in [3.8, 4) is 11.3 Å². The molecule has 4 aromatic rings. The van der Waals surface area contributed by atoms with E-state index < -0.39 is 17.5 Å². The molecule has 0 spiro atoms. The molecule has 28 heavy (non-hydrogen) atoms. The number of nitrogens with two attached hydrogens (primary N) is 1. The Kier molecular flexibility index (Phi) is 4.23. The molecule has 140 valence electrons. The monoisotopic (exact) mass is 382 g/mol. The fraction of sp³-hybridized carbons (Fsp3) is 0. The molecule has 2 heterocycles. The highest BCUT2D eigenvalue weighted by Crippen LogP contribution is 2.31. The number of fused-ring (bicyclic) bond motifs is 1. The number of hydrogen-bond donors (Lipinski definition) is 2. The Balaban J connectivity index is 1.94. The summed E-state index contributed by atoms with van der Waals surface area (Å²) in [5.74, 6) is -4.31. The molecular formula is C20H13F3N4O. The van der Waals surface area contributed by atoms with Crippen LogP contribution in [0.2, 0.25) is 0 Å². The predicted molar refractivity (Wildman–Crippen MR) is 98.8 cm³/mol. The molecule has 0 aliphatic heterocycles. The predicted octanol–water partition coefficient (Wildman–Crippen LogP) is 4.23. The number of benzene rings is 2. The van der Waals surface area contributed by atoms with Crippen molar-refractivity contribution >= 4 is 17.2 Å². The van der Waals surface area contributed by atoms with E-state index in [1.54, 1.807) is 36.4 Å². The zero-order valence-electron chi connectivity index (χ0n) is 14.3. The Morgan fingerprint density at radius 2 is 1.68 bits per heavy atom. The van der Waals surface area contributed by atoms with Gasteiger partial charge in [-0.05, 0) is 24.3 Å². The molecule has 8 heteroatoms. The second-order valence-corrected chi connectivity index (χ2v) is 6.03. The first-order valence-electron chi connectivity index (χ1n) is 8.20. The maximum absolute atomic E-state index is 14.3. The third-order valence-corrected chi connectivity index (χ3v) is 4.36. The third kappa shape index (κ3) is 2.75. The molecule has 0 radical (unpaired) electrons. The number of nitrogen functional groups attached to an aromatic ring is 1. The summed E-state index contributed by atoms with van der Waals surface area (Å²) < 4.78 is 42.8. The highest BCUT2D eigenvalue weighted by Gasteiger charge is 2.21. The fourth-order valence-corrected chi connectivity index (χ4v) is 3.06. The van der Waals surface area contributed by atoms with Crippen LogP contribution in [0.1, 0.15) is 11.1 Å². The largest absolute Gasteiger partial charge is 0.410 e. The van der Waals surface area contributed by atoms with E-state index in [-0.39, 0.29) is 22.8 Å². The molecule has 0 amide bonds. The minimum absolute atomic E-state index is 0.0516. The number of anilines is 1. The van der Waals surface area contributed by atoms with Crippen LogP contribution < -0.4 is 5.73 Å². The summed E-state index contributed by atoms with van der Waals surface area (Å²) in [6.07, 6.45) is 1.54. The second-order valence-electron chi connectivity index (χ2n) is 6.03. The molecule has 0 atom stereocenters. The van der Waals surface area contributed by atoms with E-state index in [0.29, 0.717) is 16.8 Å². The van der Waals surface area contributed by atoms with E-state index in [1.165, 1.54) is 10.6 Å². The molecule has 0 aliphatic rings. The van der Waals surface area contributed by atoms with Gasteiger partial charge in [-0.15, -0.1) is 0 Å². The number of halogens is 3. The van der Waals surface area contributed by atoms with Crippen LogP contribution in [0.3, 0.4) is 0 Å². The highest BCUT2D eigenvalue weighted by molar-refractivity contribution is 6.12. The quantitative estimate of drug-likeness (QED) is 0.241. The summed E-state index contributed by atoms with van der Waals surface area (Å²) in [6, 6.07) is 14.1. The Hall–Kier alpha value is -3.81. The van der Waals surface area contributed by atoms with E-state index in [4.69, 9.17) is 5.73 Å². The van der Waals surface area contributed by atoms with Gasteiger partial charge in [-0.25, -0.2) is 18.2 Å². The Morgan fingerprint density at radius 3 is 2.39 bits per heavy atom. The van der Waals surface area contributed by atoms with E-state index in [0.717, 1.165) is 12.1 Å². The third-order valence-electron chi connectivity index (χ3n) is 4.36. The topological polar surface area (TPSA) is 75.9 Å². The molecule has 3 N–H and O–H groups in total. The van der Waals surface area contributed by atoms with Crippen LogP contribution >= 0.6 is 0 Å². The van der Waals surface area contributed by atoms with Crippen LogP contribution in [0, 0.1) is 17.5 Å². The van der Waals surface area contributed by atoms with Crippen molar-refractivity contribution in [2.24, 2.45) is 5.16 Å². The summed E-state index contributed by atoms with van der Waals surface area (Å²) in [5, 5.41) is 12.9. The van der Waals surface area contributed by atoms with Crippen LogP contribution in [-0.4, -0.2) is 20.3 Å². The number of aromatic nitrogens is 2. The zero-order chi connectivity index (χ0) is 19.8. The number of rotatable bonds is 3. The second kappa shape index (κ2) is 6.73. The van der Waals surface area contributed by atoms with Crippen molar-refractivity contribution in [3.63, 3.8) is 0 Å². The van der Waals surface area contributed by atoms with Gasteiger partial charge >= 0.3 is 0 Å². The average Bonchev–Trinajstić information content (AvgIpc) is 3.03. The maximum Gasteiger partial charge on any atom is 0.195 e. The van der Waals surface area contributed by atoms with Crippen molar-refractivity contribution < 1.29 is 18.4 Å². The SMILES string of the molecule is Nc1nc2ccc(/C(=N/O)c3ccccc3)cn2c1-c1ccc(F)c(F)c1F. The number of pyridine rings is 1. The normalized spacial score (nSPS) is 11.9. The molecule has 0 bridgehead atoms. The fourth-order valence-electron chi connectivity index (χ4n) is 3.06. The zero-order valence-corrected chi connectivity index (χ0v) is 14.3. The molecule has 5 nitrogen and oxygen atoms in total. The minimum Gasteiger partial charge on any atom is -0.410 e. The van der Waals surface area contributed by atoms with Crippen molar-refractivity contribution in [1.29, 1.82) is 0 Å². The van der Waals surface area contributed by atoms with Gasteiger partial charge in [-0.3, -0.25) is 4.40 Å². The molecule has 0 unspecified atom stereocenters. The molecule has 0 saturated heterocycles. The van der Waals surface area contributed by atoms with E-state index in [1.807, 2.05) is 6.07 Å². The van der Waals surface area contributed by atoms with Gasteiger partial charge < -0.3 is 10.9 Å². The summed E-state index contributed by atoms with van der Waals surface area (Å²) in [6.45, 7) is 0. The number of oxime groups is 1. The first-order valence-corrected chi connectivity index (χ1v) is 8.20. The van der Waals surface area contributed by atoms with E-state index in [9.17, 15) is 18.4 Å². The van der Waals surface area contributed by atoms with E-state index >= 15 is 0 Å².